The molecule has 0 spiro atoms. The van der Waals surface area contributed by atoms with Gasteiger partial charge in [0.2, 0.25) is 0 Å². The van der Waals surface area contributed by atoms with Crippen LogP contribution in [0, 0.1) is 0 Å². The zero-order valence-corrected chi connectivity index (χ0v) is 21.0. The molecule has 3 aromatic rings. The number of fused-ring (bicyclic) bond motifs is 2. The Labute approximate surface area is 209 Å². The molecule has 0 radical (unpaired) electrons. The lowest BCUT2D eigenvalue weighted by Crippen LogP contribution is -2.35. The second-order valence-corrected chi connectivity index (χ2v) is 9.12. The highest BCUT2D eigenvalue weighted by Crippen LogP contribution is 2.39. The number of rotatable bonds is 7. The third-order valence-electron chi connectivity index (χ3n) is 5.91. The first-order valence-electron chi connectivity index (χ1n) is 10.6. The fourth-order valence-corrected chi connectivity index (χ4v) is 4.69. The molecule has 5 rings (SSSR count). The summed E-state index contributed by atoms with van der Waals surface area (Å²) >= 11 is 9.63. The van der Waals surface area contributed by atoms with Crippen molar-refractivity contribution in [1.82, 2.24) is 9.97 Å². The minimum Gasteiger partial charge on any atom is -0.493 e. The summed E-state index contributed by atoms with van der Waals surface area (Å²) in [6.07, 6.45) is -0.322. The van der Waals surface area contributed by atoms with Crippen molar-refractivity contribution in [3.8, 4) is 11.5 Å². The molecule has 34 heavy (non-hydrogen) atoms. The number of anilines is 2. The Morgan fingerprint density at radius 1 is 1.06 bits per heavy atom. The molecule has 2 aliphatic heterocycles. The first kappa shape index (κ1) is 23.5. The topological polar surface area (TPSA) is 93.2 Å². The van der Waals surface area contributed by atoms with Gasteiger partial charge < -0.3 is 33.7 Å². The zero-order valence-electron chi connectivity index (χ0n) is 18.7. The van der Waals surface area contributed by atoms with Crippen molar-refractivity contribution in [2.24, 2.45) is 0 Å². The summed E-state index contributed by atoms with van der Waals surface area (Å²) in [7, 11) is 4.77. The number of hydrogen-bond acceptors (Lipinski definition) is 9. The van der Waals surface area contributed by atoms with E-state index in [1.807, 2.05) is 30.3 Å². The van der Waals surface area contributed by atoms with Gasteiger partial charge in [-0.2, -0.15) is 0 Å². The van der Waals surface area contributed by atoms with Gasteiger partial charge in [0.1, 0.15) is 30.5 Å². The van der Waals surface area contributed by atoms with Crippen LogP contribution in [0.1, 0.15) is 0 Å². The van der Waals surface area contributed by atoms with Crippen LogP contribution < -0.4 is 14.8 Å². The summed E-state index contributed by atoms with van der Waals surface area (Å²) in [5.41, 5.74) is 1.48. The van der Waals surface area contributed by atoms with Crippen molar-refractivity contribution in [3.05, 3.63) is 46.2 Å². The number of methoxy groups -OCH3 is 3. The van der Waals surface area contributed by atoms with Crippen LogP contribution in [0.15, 0.2) is 41.1 Å². The number of aromatic nitrogens is 2. The van der Waals surface area contributed by atoms with Crippen LogP contribution in [-0.2, 0) is 18.9 Å². The standard InChI is InChI=1S/C23H23BrClN3O6/c1-29-16-7-12-15(26-10-27-22(12)28-11-4-5-13(24)14(25)6-11)8-17(16)33-18-9-32-20-19(18)34-23(31-3)21(20)30-2/h4-8,10,18-21,23H,9H2,1-3H3,(H,26,27,28)/t18-,19+,20-,21+,23-/m0/s1. The van der Waals surface area contributed by atoms with Gasteiger partial charge in [0.15, 0.2) is 23.9 Å². The molecule has 11 heteroatoms. The minimum atomic E-state index is -0.515. The molecule has 0 unspecified atom stereocenters. The molecule has 2 fully saturated rings. The van der Waals surface area contributed by atoms with E-state index in [2.05, 4.69) is 31.2 Å². The third-order valence-corrected chi connectivity index (χ3v) is 7.14. The maximum atomic E-state index is 6.30. The average molecular weight is 553 g/mol. The molecule has 0 bridgehead atoms. The van der Waals surface area contributed by atoms with E-state index in [0.29, 0.717) is 34.5 Å². The Balaban J connectivity index is 1.42. The number of halogens is 2. The maximum absolute atomic E-state index is 6.30. The summed E-state index contributed by atoms with van der Waals surface area (Å²) in [5, 5.41) is 4.65. The summed E-state index contributed by atoms with van der Waals surface area (Å²) in [6.45, 7) is 0.355. The molecule has 2 aromatic carbocycles. The number of nitrogens with one attached hydrogen (secondary N) is 1. The van der Waals surface area contributed by atoms with Gasteiger partial charge in [-0.3, -0.25) is 0 Å². The van der Waals surface area contributed by atoms with Gasteiger partial charge in [-0.25, -0.2) is 9.97 Å². The summed E-state index contributed by atoms with van der Waals surface area (Å²) in [6, 6.07) is 9.24. The van der Waals surface area contributed by atoms with Gasteiger partial charge in [0.05, 0.1) is 24.3 Å². The van der Waals surface area contributed by atoms with Crippen molar-refractivity contribution < 1.29 is 28.4 Å². The van der Waals surface area contributed by atoms with Crippen LogP contribution in [0.5, 0.6) is 11.5 Å². The molecule has 3 heterocycles. The Hall–Kier alpha value is -2.21. The Morgan fingerprint density at radius 3 is 2.65 bits per heavy atom. The smallest absolute Gasteiger partial charge is 0.186 e. The van der Waals surface area contributed by atoms with Crippen LogP contribution in [0.3, 0.4) is 0 Å². The monoisotopic (exact) mass is 551 g/mol. The highest BCUT2D eigenvalue weighted by molar-refractivity contribution is 9.10. The largest absolute Gasteiger partial charge is 0.493 e. The lowest BCUT2D eigenvalue weighted by atomic mass is 10.1. The Kier molecular flexibility index (Phi) is 6.79. The maximum Gasteiger partial charge on any atom is 0.186 e. The van der Waals surface area contributed by atoms with E-state index in [1.54, 1.807) is 21.3 Å². The fraction of sp³-hybridized carbons (Fsp3) is 0.391. The summed E-state index contributed by atoms with van der Waals surface area (Å²) in [4.78, 5) is 8.82. The second kappa shape index (κ2) is 9.80. The molecule has 1 aromatic heterocycles. The Bertz CT molecular complexity index is 1200. The quantitative estimate of drug-likeness (QED) is 0.460. The lowest BCUT2D eigenvalue weighted by molar-refractivity contribution is -0.171. The molecule has 2 saturated heterocycles. The fourth-order valence-electron chi connectivity index (χ4n) is 4.27. The molecule has 0 aliphatic carbocycles. The van der Waals surface area contributed by atoms with Gasteiger partial charge in [0, 0.05) is 35.8 Å². The van der Waals surface area contributed by atoms with Crippen LogP contribution >= 0.6 is 27.5 Å². The molecule has 2 aliphatic rings. The Morgan fingerprint density at radius 2 is 1.91 bits per heavy atom. The van der Waals surface area contributed by atoms with E-state index in [9.17, 15) is 0 Å². The van der Waals surface area contributed by atoms with Gasteiger partial charge in [-0.05, 0) is 40.2 Å². The van der Waals surface area contributed by atoms with Gasteiger partial charge >= 0.3 is 0 Å². The predicted octanol–water partition coefficient (Wildman–Crippen LogP) is 4.33. The van der Waals surface area contributed by atoms with Gasteiger partial charge in [-0.1, -0.05) is 11.6 Å². The van der Waals surface area contributed by atoms with Gasteiger partial charge in [-0.15, -0.1) is 0 Å². The van der Waals surface area contributed by atoms with Gasteiger partial charge in [0.25, 0.3) is 0 Å². The van der Waals surface area contributed by atoms with E-state index in [-0.39, 0.29) is 24.4 Å². The molecule has 0 amide bonds. The lowest BCUT2D eigenvalue weighted by Gasteiger charge is -2.21. The van der Waals surface area contributed by atoms with Crippen molar-refractivity contribution in [3.63, 3.8) is 0 Å². The molecule has 5 atom stereocenters. The molecule has 9 nitrogen and oxygen atoms in total. The number of nitrogens with zero attached hydrogens (tertiary/aromatic N) is 2. The van der Waals surface area contributed by atoms with E-state index < -0.39 is 6.29 Å². The van der Waals surface area contributed by atoms with E-state index >= 15 is 0 Å². The minimum absolute atomic E-state index is 0.276. The first-order chi connectivity index (χ1) is 16.5. The van der Waals surface area contributed by atoms with Crippen molar-refractivity contribution >= 4 is 49.9 Å². The highest BCUT2D eigenvalue weighted by Gasteiger charge is 2.54. The van der Waals surface area contributed by atoms with Crippen LogP contribution in [0.25, 0.3) is 10.9 Å². The second-order valence-electron chi connectivity index (χ2n) is 7.86. The molecule has 0 saturated carbocycles. The number of hydrogen-bond donors (Lipinski definition) is 1. The summed E-state index contributed by atoms with van der Waals surface area (Å²) < 4.78 is 35.6. The van der Waals surface area contributed by atoms with Crippen LogP contribution in [0.4, 0.5) is 11.5 Å². The van der Waals surface area contributed by atoms with Crippen LogP contribution in [0.2, 0.25) is 5.02 Å². The third kappa shape index (κ3) is 4.30. The molecule has 1 N–H and O–H groups in total. The molecular formula is C23H23BrClN3O6. The average Bonchev–Trinajstić information content (AvgIpc) is 3.40. The SMILES string of the molecule is COc1cc2c(Nc3ccc(Br)c(Cl)c3)ncnc2cc1O[C@H]1CO[C@@H]2[C@@H](OC)[C@@H](OC)O[C@@H]21. The molecule has 180 valence electrons. The highest BCUT2D eigenvalue weighted by atomic mass is 79.9. The van der Waals surface area contributed by atoms with E-state index in [0.717, 1.165) is 15.5 Å². The predicted molar refractivity (Wildman–Crippen MR) is 129 cm³/mol. The van der Waals surface area contributed by atoms with Crippen molar-refractivity contribution in [1.29, 1.82) is 0 Å². The van der Waals surface area contributed by atoms with Crippen molar-refractivity contribution in [2.45, 2.75) is 30.7 Å². The van der Waals surface area contributed by atoms with E-state index in [4.69, 9.17) is 40.0 Å². The number of benzene rings is 2. The van der Waals surface area contributed by atoms with E-state index in [1.165, 1.54) is 6.33 Å². The normalized spacial score (nSPS) is 26.0. The van der Waals surface area contributed by atoms with Crippen LogP contribution in [-0.4, -0.2) is 68.6 Å². The summed E-state index contributed by atoms with van der Waals surface area (Å²) in [5.74, 6) is 1.67. The number of ether oxygens (including phenoxy) is 6. The molecular weight excluding hydrogens is 530 g/mol. The first-order valence-corrected chi connectivity index (χ1v) is 11.7. The zero-order chi connectivity index (χ0) is 23.8. The van der Waals surface area contributed by atoms with Crippen molar-refractivity contribution in [2.75, 3.05) is 33.3 Å².